The first-order chi connectivity index (χ1) is 9.58. The number of amides is 1. The van der Waals surface area contributed by atoms with E-state index in [1.54, 1.807) is 12.1 Å². The maximum Gasteiger partial charge on any atom is 0.224 e. The molecule has 1 aromatic carbocycles. The number of anilines is 2. The zero-order valence-corrected chi connectivity index (χ0v) is 12.8. The molecule has 1 amide bonds. The van der Waals surface area contributed by atoms with E-state index in [1.807, 2.05) is 4.90 Å². The molecule has 0 spiro atoms. The summed E-state index contributed by atoms with van der Waals surface area (Å²) in [5.41, 5.74) is 6.80. The fourth-order valence-electron chi connectivity index (χ4n) is 2.36. The highest BCUT2D eigenvalue weighted by molar-refractivity contribution is 6.39. The molecule has 0 unspecified atom stereocenters. The lowest BCUT2D eigenvalue weighted by Crippen LogP contribution is -2.36. The molecule has 20 heavy (non-hydrogen) atoms. The number of piperidine rings is 1. The Bertz CT molecular complexity index is 464. The van der Waals surface area contributed by atoms with Crippen LogP contribution in [0.25, 0.3) is 0 Å². The van der Waals surface area contributed by atoms with Gasteiger partial charge in [-0.2, -0.15) is 0 Å². The quantitative estimate of drug-likeness (QED) is 0.837. The standard InChI is InChI=1S/C14H19Cl2N3O/c15-11-8-10(17)9-12(16)14(11)18-5-4-13(20)19-6-2-1-3-7-19/h8-9,18H,1-7,17H2. The lowest BCUT2D eigenvalue weighted by molar-refractivity contribution is -0.131. The molecule has 1 heterocycles. The smallest absolute Gasteiger partial charge is 0.224 e. The van der Waals surface area contributed by atoms with E-state index < -0.39 is 0 Å². The maximum absolute atomic E-state index is 12.0. The lowest BCUT2D eigenvalue weighted by Gasteiger charge is -2.26. The molecule has 1 fully saturated rings. The molecule has 1 saturated heterocycles. The van der Waals surface area contributed by atoms with Gasteiger partial charge in [-0.25, -0.2) is 0 Å². The third kappa shape index (κ3) is 3.93. The molecule has 1 aliphatic rings. The summed E-state index contributed by atoms with van der Waals surface area (Å²) in [4.78, 5) is 13.9. The van der Waals surface area contributed by atoms with Gasteiger partial charge < -0.3 is 16.0 Å². The molecule has 1 aromatic rings. The van der Waals surface area contributed by atoms with Gasteiger partial charge in [0, 0.05) is 31.7 Å². The number of rotatable bonds is 4. The van der Waals surface area contributed by atoms with Crippen molar-refractivity contribution in [3.63, 3.8) is 0 Å². The fourth-order valence-corrected chi connectivity index (χ4v) is 3.00. The minimum absolute atomic E-state index is 0.180. The van der Waals surface area contributed by atoms with Crippen molar-refractivity contribution in [3.8, 4) is 0 Å². The summed E-state index contributed by atoms with van der Waals surface area (Å²) in [6, 6.07) is 3.28. The van der Waals surface area contributed by atoms with E-state index in [0.717, 1.165) is 25.9 Å². The van der Waals surface area contributed by atoms with Crippen LogP contribution >= 0.6 is 23.2 Å². The highest BCUT2D eigenvalue weighted by Gasteiger charge is 2.16. The Balaban J connectivity index is 1.85. The Morgan fingerprint density at radius 2 is 1.80 bits per heavy atom. The lowest BCUT2D eigenvalue weighted by atomic mass is 10.1. The van der Waals surface area contributed by atoms with Crippen LogP contribution in [-0.4, -0.2) is 30.4 Å². The number of nitrogens with zero attached hydrogens (tertiary/aromatic N) is 1. The molecule has 4 nitrogen and oxygen atoms in total. The number of nitrogen functional groups attached to an aromatic ring is 1. The van der Waals surface area contributed by atoms with Gasteiger partial charge in [-0.05, 0) is 31.4 Å². The van der Waals surface area contributed by atoms with Gasteiger partial charge in [0.2, 0.25) is 5.91 Å². The van der Waals surface area contributed by atoms with Crippen molar-refractivity contribution >= 4 is 40.5 Å². The van der Waals surface area contributed by atoms with Gasteiger partial charge in [-0.1, -0.05) is 23.2 Å². The van der Waals surface area contributed by atoms with Crippen LogP contribution in [0.15, 0.2) is 12.1 Å². The molecule has 0 aromatic heterocycles. The summed E-state index contributed by atoms with van der Waals surface area (Å²) in [5, 5.41) is 4.06. The Labute approximate surface area is 129 Å². The zero-order valence-electron chi connectivity index (χ0n) is 11.3. The van der Waals surface area contributed by atoms with Gasteiger partial charge in [-0.15, -0.1) is 0 Å². The molecule has 1 aliphatic heterocycles. The third-order valence-corrected chi connectivity index (χ3v) is 4.01. The summed E-state index contributed by atoms with van der Waals surface area (Å²) >= 11 is 12.2. The van der Waals surface area contributed by atoms with E-state index in [9.17, 15) is 4.79 Å². The normalized spacial score (nSPS) is 15.2. The van der Waals surface area contributed by atoms with Crippen LogP contribution in [0.4, 0.5) is 11.4 Å². The molecule has 0 atom stereocenters. The second kappa shape index (κ2) is 7.04. The molecule has 2 rings (SSSR count). The fraction of sp³-hybridized carbons (Fsp3) is 0.500. The van der Waals surface area contributed by atoms with E-state index in [-0.39, 0.29) is 5.91 Å². The number of nitrogens with one attached hydrogen (secondary N) is 1. The number of nitrogens with two attached hydrogens (primary N) is 1. The number of likely N-dealkylation sites (tertiary alicyclic amines) is 1. The van der Waals surface area contributed by atoms with Crippen LogP contribution in [0.3, 0.4) is 0 Å². The molecule has 3 N–H and O–H groups in total. The van der Waals surface area contributed by atoms with Crippen LogP contribution < -0.4 is 11.1 Å². The molecular formula is C14H19Cl2N3O. The van der Waals surface area contributed by atoms with Crippen molar-refractivity contribution < 1.29 is 4.79 Å². The van der Waals surface area contributed by atoms with Crippen molar-refractivity contribution in [1.29, 1.82) is 0 Å². The minimum Gasteiger partial charge on any atom is -0.399 e. The van der Waals surface area contributed by atoms with Crippen LogP contribution in [0, 0.1) is 0 Å². The van der Waals surface area contributed by atoms with Crippen molar-refractivity contribution in [1.82, 2.24) is 4.90 Å². The van der Waals surface area contributed by atoms with Gasteiger partial charge in [0.25, 0.3) is 0 Å². The highest BCUT2D eigenvalue weighted by Crippen LogP contribution is 2.32. The minimum atomic E-state index is 0.180. The molecule has 0 saturated carbocycles. The Hall–Kier alpha value is -1.13. The van der Waals surface area contributed by atoms with Gasteiger partial charge >= 0.3 is 0 Å². The first-order valence-electron chi connectivity index (χ1n) is 6.84. The van der Waals surface area contributed by atoms with Crippen molar-refractivity contribution in [3.05, 3.63) is 22.2 Å². The van der Waals surface area contributed by atoms with Gasteiger partial charge in [-0.3, -0.25) is 4.79 Å². The first-order valence-corrected chi connectivity index (χ1v) is 7.59. The van der Waals surface area contributed by atoms with E-state index in [1.165, 1.54) is 6.42 Å². The Morgan fingerprint density at radius 3 is 2.40 bits per heavy atom. The summed E-state index contributed by atoms with van der Waals surface area (Å²) in [7, 11) is 0. The summed E-state index contributed by atoms with van der Waals surface area (Å²) in [5.74, 6) is 0.180. The summed E-state index contributed by atoms with van der Waals surface area (Å²) < 4.78 is 0. The Morgan fingerprint density at radius 1 is 1.20 bits per heavy atom. The summed E-state index contributed by atoms with van der Waals surface area (Å²) in [6.45, 7) is 2.27. The summed E-state index contributed by atoms with van der Waals surface area (Å²) in [6.07, 6.45) is 3.87. The predicted molar refractivity (Wildman–Crippen MR) is 84.4 cm³/mol. The van der Waals surface area contributed by atoms with E-state index in [0.29, 0.717) is 34.4 Å². The average molecular weight is 316 g/mol. The van der Waals surface area contributed by atoms with Crippen molar-refractivity contribution in [2.24, 2.45) is 0 Å². The number of hydrogen-bond donors (Lipinski definition) is 2. The number of halogens is 2. The predicted octanol–water partition coefficient (Wildman–Crippen LogP) is 3.39. The maximum atomic E-state index is 12.0. The largest absolute Gasteiger partial charge is 0.399 e. The van der Waals surface area contributed by atoms with Gasteiger partial charge in [0.1, 0.15) is 0 Å². The highest BCUT2D eigenvalue weighted by atomic mass is 35.5. The monoisotopic (exact) mass is 315 g/mol. The second-order valence-corrected chi connectivity index (χ2v) is 5.79. The average Bonchev–Trinajstić information content (AvgIpc) is 2.42. The van der Waals surface area contributed by atoms with Gasteiger partial charge in [0.15, 0.2) is 0 Å². The number of carbonyl (C=O) groups is 1. The molecule has 0 aliphatic carbocycles. The molecule has 0 bridgehead atoms. The van der Waals surface area contributed by atoms with Crippen LogP contribution in [0.1, 0.15) is 25.7 Å². The van der Waals surface area contributed by atoms with Crippen molar-refractivity contribution in [2.45, 2.75) is 25.7 Å². The second-order valence-electron chi connectivity index (χ2n) is 4.98. The third-order valence-electron chi connectivity index (χ3n) is 3.41. The first kappa shape index (κ1) is 15.3. The number of hydrogen-bond acceptors (Lipinski definition) is 3. The SMILES string of the molecule is Nc1cc(Cl)c(NCCC(=O)N2CCCCC2)c(Cl)c1. The van der Waals surface area contributed by atoms with Crippen LogP contribution in [0.2, 0.25) is 10.0 Å². The molecule has 6 heteroatoms. The van der Waals surface area contributed by atoms with Crippen LogP contribution in [0.5, 0.6) is 0 Å². The van der Waals surface area contributed by atoms with E-state index >= 15 is 0 Å². The van der Waals surface area contributed by atoms with E-state index in [4.69, 9.17) is 28.9 Å². The van der Waals surface area contributed by atoms with Crippen molar-refractivity contribution in [2.75, 3.05) is 30.7 Å². The topological polar surface area (TPSA) is 58.4 Å². The number of benzene rings is 1. The van der Waals surface area contributed by atoms with Gasteiger partial charge in [0.05, 0.1) is 15.7 Å². The molecule has 0 radical (unpaired) electrons. The van der Waals surface area contributed by atoms with E-state index in [2.05, 4.69) is 5.32 Å². The molecule has 110 valence electrons. The zero-order chi connectivity index (χ0) is 14.5. The van der Waals surface area contributed by atoms with Crippen LogP contribution in [-0.2, 0) is 4.79 Å². The molecular weight excluding hydrogens is 297 g/mol. The Kier molecular flexibility index (Phi) is 5.38. The number of carbonyl (C=O) groups excluding carboxylic acids is 1.